The lowest BCUT2D eigenvalue weighted by Crippen LogP contribution is -2.23. The van der Waals surface area contributed by atoms with Crippen molar-refractivity contribution in [3.05, 3.63) is 77.9 Å². The van der Waals surface area contributed by atoms with Gasteiger partial charge in [-0.1, -0.05) is 201 Å². The minimum Gasteiger partial charge on any atom is -0.304 e. The van der Waals surface area contributed by atoms with E-state index in [1.54, 1.807) is 0 Å². The van der Waals surface area contributed by atoms with E-state index >= 15 is 0 Å². The van der Waals surface area contributed by atoms with Gasteiger partial charge < -0.3 is 4.90 Å². The molecule has 1 unspecified atom stereocenters. The molecule has 0 N–H and O–H groups in total. The predicted octanol–water partition coefficient (Wildman–Crippen LogP) is 17.5. The largest absolute Gasteiger partial charge is 0.304 e. The van der Waals surface area contributed by atoms with Gasteiger partial charge in [-0.15, -0.1) is 0 Å². The molecule has 0 aliphatic carbocycles. The summed E-state index contributed by atoms with van der Waals surface area (Å²) >= 11 is 0. The van der Waals surface area contributed by atoms with Gasteiger partial charge in [0, 0.05) is 0 Å². The molecule has 0 heterocycles. The van der Waals surface area contributed by atoms with Crippen LogP contribution >= 0.6 is 0 Å². The van der Waals surface area contributed by atoms with Gasteiger partial charge in [0.2, 0.25) is 0 Å². The number of nitrogens with zero attached hydrogens (tertiary/aromatic N) is 1. The molecule has 0 fully saturated rings. The summed E-state index contributed by atoms with van der Waals surface area (Å²) in [6.07, 6.45) is 37.6. The average Bonchev–Trinajstić information content (AvgIpc) is 3.13. The topological polar surface area (TPSA) is 3.24 Å². The summed E-state index contributed by atoms with van der Waals surface area (Å²) in [5, 5.41) is 0. The molecule has 0 saturated heterocycles. The Hall–Kier alpha value is -1.86. The van der Waals surface area contributed by atoms with E-state index in [4.69, 9.17) is 0 Å². The SMILES string of the molecule is C=C(CCCCCCCCCC/C=C\CCCCC)CCC(CCC)CCC(=C)CCCCN(CC)CC.C=Cc1cc(C(C)(C)C)cc(C(C)(C)C)c1. The minimum absolute atomic E-state index is 0.193. The van der Waals surface area contributed by atoms with E-state index in [9.17, 15) is 0 Å². The summed E-state index contributed by atoms with van der Waals surface area (Å²) in [6.45, 7) is 39.0. The molecule has 1 aromatic rings. The summed E-state index contributed by atoms with van der Waals surface area (Å²) in [4.78, 5) is 2.53. The first-order chi connectivity index (χ1) is 25.7. The second-order valence-corrected chi connectivity index (χ2v) is 18.6. The zero-order valence-electron chi connectivity index (χ0n) is 38.5. The lowest BCUT2D eigenvalue weighted by atomic mass is 9.79. The molecular formula is C53H95N. The first-order valence-corrected chi connectivity index (χ1v) is 23.2. The van der Waals surface area contributed by atoms with Crippen LogP contribution in [0.2, 0.25) is 0 Å². The van der Waals surface area contributed by atoms with Gasteiger partial charge in [0.25, 0.3) is 0 Å². The lowest BCUT2D eigenvalue weighted by molar-refractivity contribution is 0.296. The van der Waals surface area contributed by atoms with Gasteiger partial charge in [-0.05, 0) is 137 Å². The number of hydrogen-bond acceptors (Lipinski definition) is 1. The highest BCUT2D eigenvalue weighted by atomic mass is 15.1. The Bertz CT molecular complexity index is 1070. The summed E-state index contributed by atoms with van der Waals surface area (Å²) in [7, 11) is 0. The van der Waals surface area contributed by atoms with Crippen molar-refractivity contribution in [3.63, 3.8) is 0 Å². The van der Waals surface area contributed by atoms with E-state index in [-0.39, 0.29) is 10.8 Å². The van der Waals surface area contributed by atoms with Gasteiger partial charge >= 0.3 is 0 Å². The Morgan fingerprint density at radius 1 is 0.556 bits per heavy atom. The Kier molecular flexibility index (Phi) is 31.1. The first-order valence-electron chi connectivity index (χ1n) is 23.2. The van der Waals surface area contributed by atoms with Crippen LogP contribution in [-0.2, 0) is 10.8 Å². The van der Waals surface area contributed by atoms with Crippen molar-refractivity contribution >= 4 is 6.08 Å². The highest BCUT2D eigenvalue weighted by molar-refractivity contribution is 5.52. The van der Waals surface area contributed by atoms with Gasteiger partial charge in [-0.2, -0.15) is 0 Å². The molecule has 0 spiro atoms. The van der Waals surface area contributed by atoms with Crippen LogP contribution in [0.3, 0.4) is 0 Å². The number of rotatable bonds is 31. The van der Waals surface area contributed by atoms with E-state index in [2.05, 4.69) is 124 Å². The van der Waals surface area contributed by atoms with E-state index < -0.39 is 0 Å². The molecule has 1 nitrogen and oxygen atoms in total. The van der Waals surface area contributed by atoms with Crippen LogP contribution in [0.15, 0.2) is 61.2 Å². The normalized spacial score (nSPS) is 12.6. The second-order valence-electron chi connectivity index (χ2n) is 18.6. The van der Waals surface area contributed by atoms with Crippen LogP contribution in [0, 0.1) is 5.92 Å². The van der Waals surface area contributed by atoms with E-state index in [0.29, 0.717) is 0 Å². The third-order valence-corrected chi connectivity index (χ3v) is 11.4. The van der Waals surface area contributed by atoms with Gasteiger partial charge in [0.1, 0.15) is 0 Å². The summed E-state index contributed by atoms with van der Waals surface area (Å²) < 4.78 is 0. The third kappa shape index (κ3) is 28.5. The molecule has 0 bridgehead atoms. The fourth-order valence-corrected chi connectivity index (χ4v) is 7.24. The summed E-state index contributed by atoms with van der Waals surface area (Å²) in [5.41, 5.74) is 7.36. The van der Waals surface area contributed by atoms with Crippen molar-refractivity contribution in [1.29, 1.82) is 0 Å². The van der Waals surface area contributed by atoms with Crippen LogP contribution in [0.25, 0.3) is 6.08 Å². The molecule has 1 atom stereocenters. The summed E-state index contributed by atoms with van der Waals surface area (Å²) in [5.74, 6) is 0.862. The molecule has 1 aromatic carbocycles. The molecule has 1 rings (SSSR count). The minimum atomic E-state index is 0.193. The van der Waals surface area contributed by atoms with Gasteiger partial charge in [0.15, 0.2) is 0 Å². The fourth-order valence-electron chi connectivity index (χ4n) is 7.24. The second kappa shape index (κ2) is 32.2. The average molecular weight is 746 g/mol. The maximum absolute atomic E-state index is 4.44. The van der Waals surface area contributed by atoms with E-state index in [0.717, 1.165) is 5.92 Å². The maximum atomic E-state index is 4.44. The number of unbranched alkanes of at least 4 members (excludes halogenated alkanes) is 12. The summed E-state index contributed by atoms with van der Waals surface area (Å²) in [6, 6.07) is 6.80. The van der Waals surface area contributed by atoms with Gasteiger partial charge in [0.05, 0.1) is 0 Å². The number of benzene rings is 1. The molecule has 312 valence electrons. The highest BCUT2D eigenvalue weighted by Crippen LogP contribution is 2.31. The predicted molar refractivity (Wildman–Crippen MR) is 250 cm³/mol. The van der Waals surface area contributed by atoms with Crippen molar-refractivity contribution in [1.82, 2.24) is 4.90 Å². The Balaban J connectivity index is 0.00000145. The Morgan fingerprint density at radius 2 is 1.00 bits per heavy atom. The molecule has 54 heavy (non-hydrogen) atoms. The maximum Gasteiger partial charge on any atom is -0.00189 e. The third-order valence-electron chi connectivity index (χ3n) is 11.4. The molecule has 0 aliphatic rings. The smallest absolute Gasteiger partial charge is 0.00189 e. The van der Waals surface area contributed by atoms with Crippen LogP contribution in [0.1, 0.15) is 234 Å². The zero-order valence-corrected chi connectivity index (χ0v) is 38.5. The lowest BCUT2D eigenvalue weighted by Gasteiger charge is -2.25. The van der Waals surface area contributed by atoms with Crippen LogP contribution < -0.4 is 0 Å². The van der Waals surface area contributed by atoms with Gasteiger partial charge in [-0.3, -0.25) is 0 Å². The number of allylic oxidation sites excluding steroid dienone is 4. The molecule has 0 aliphatic heterocycles. The first kappa shape index (κ1) is 52.1. The Labute approximate surface area is 341 Å². The molecule has 0 saturated carbocycles. The standard InChI is InChI=1S/C37H71N.C16H24/c1-7-11-12-13-14-15-16-17-18-19-20-21-22-23-24-28-35(5)30-32-37(27-8-2)33-31-36(6)29-25-26-34-38(9-3)10-4;1-8-12-9-13(15(2,3)4)11-14(10-12)16(5,6)7/h14-15,37H,5-13,16-34H2,1-4H3;8-11H,1H2,2-7H3/b15-14-;. The fraction of sp³-hybridized carbons (Fsp3) is 0.736. The molecule has 1 heteroatoms. The van der Waals surface area contributed by atoms with Crippen LogP contribution in [0.4, 0.5) is 0 Å². The van der Waals surface area contributed by atoms with Crippen LogP contribution in [0.5, 0.6) is 0 Å². The van der Waals surface area contributed by atoms with E-state index in [1.165, 1.54) is 195 Å². The quantitative estimate of drug-likeness (QED) is 0.0540. The Morgan fingerprint density at radius 3 is 1.43 bits per heavy atom. The molecular weight excluding hydrogens is 651 g/mol. The molecule has 0 amide bonds. The monoisotopic (exact) mass is 746 g/mol. The molecule has 0 radical (unpaired) electrons. The zero-order chi connectivity index (χ0) is 40.7. The number of hydrogen-bond donors (Lipinski definition) is 0. The van der Waals surface area contributed by atoms with Crippen molar-refractivity contribution in [3.8, 4) is 0 Å². The highest BCUT2D eigenvalue weighted by Gasteiger charge is 2.20. The van der Waals surface area contributed by atoms with Crippen molar-refractivity contribution in [2.45, 2.75) is 228 Å². The van der Waals surface area contributed by atoms with Crippen LogP contribution in [-0.4, -0.2) is 24.5 Å². The molecule has 0 aromatic heterocycles. The van der Waals surface area contributed by atoms with Gasteiger partial charge in [-0.25, -0.2) is 0 Å². The van der Waals surface area contributed by atoms with Crippen molar-refractivity contribution in [2.75, 3.05) is 19.6 Å². The van der Waals surface area contributed by atoms with E-state index in [1.807, 2.05) is 6.08 Å². The van der Waals surface area contributed by atoms with Crippen molar-refractivity contribution < 1.29 is 0 Å². The van der Waals surface area contributed by atoms with Crippen molar-refractivity contribution in [2.24, 2.45) is 5.92 Å².